The molecule has 0 amide bonds. The topological polar surface area (TPSA) is 38.4 Å². The van der Waals surface area contributed by atoms with Crippen LogP contribution in [0.5, 0.6) is 0 Å². The molecule has 1 aliphatic rings. The highest BCUT2D eigenvalue weighted by atomic mass is 35.5. The standard InChI is InChI=1S/C17H12Cl3F3N2S.ClH/c18-12-4-11(5-13(19)6-12)16(17(21,22)23)7-15(25-26-16)9-1-2-10(8-24)14(20)3-9;/h1-6H,7-8,24H2;1H. The Morgan fingerprint density at radius 1 is 1.07 bits per heavy atom. The molecule has 0 bridgehead atoms. The number of alkyl halides is 3. The lowest BCUT2D eigenvalue weighted by Gasteiger charge is -2.30. The molecule has 0 saturated heterocycles. The maximum absolute atomic E-state index is 14.0. The van der Waals surface area contributed by atoms with Crippen molar-refractivity contribution in [3.63, 3.8) is 0 Å². The fourth-order valence-corrected chi connectivity index (χ4v) is 4.49. The zero-order chi connectivity index (χ0) is 19.1. The van der Waals surface area contributed by atoms with E-state index >= 15 is 0 Å². The Morgan fingerprint density at radius 3 is 2.22 bits per heavy atom. The van der Waals surface area contributed by atoms with Crippen molar-refractivity contribution in [1.29, 1.82) is 0 Å². The van der Waals surface area contributed by atoms with Gasteiger partial charge in [0, 0.05) is 28.0 Å². The van der Waals surface area contributed by atoms with Gasteiger partial charge in [-0.25, -0.2) is 4.40 Å². The SMILES string of the molecule is Cl.NCc1ccc(C2=NSC(c3cc(Cl)cc(Cl)c3)(C(F)(F)F)C2)cc1Cl. The quantitative estimate of drug-likeness (QED) is 0.494. The number of rotatable bonds is 3. The van der Waals surface area contributed by atoms with E-state index in [1.807, 2.05) is 0 Å². The number of hydrogen-bond acceptors (Lipinski definition) is 3. The lowest BCUT2D eigenvalue weighted by molar-refractivity contribution is -0.159. The summed E-state index contributed by atoms with van der Waals surface area (Å²) in [7, 11) is 0. The van der Waals surface area contributed by atoms with E-state index < -0.39 is 10.9 Å². The lowest BCUT2D eigenvalue weighted by atomic mass is 9.89. The molecular weight excluding hydrogens is 463 g/mol. The fraction of sp³-hybridized carbons (Fsp3) is 0.235. The van der Waals surface area contributed by atoms with Crippen LogP contribution in [0.4, 0.5) is 13.2 Å². The summed E-state index contributed by atoms with van der Waals surface area (Å²) in [5.74, 6) is 0. The Kier molecular flexibility index (Phi) is 7.04. The fourth-order valence-electron chi connectivity index (χ4n) is 2.74. The number of nitrogens with zero attached hydrogens (tertiary/aromatic N) is 1. The van der Waals surface area contributed by atoms with Crippen molar-refractivity contribution in [2.75, 3.05) is 0 Å². The van der Waals surface area contributed by atoms with Crippen molar-refractivity contribution in [2.45, 2.75) is 23.9 Å². The van der Waals surface area contributed by atoms with Gasteiger partial charge >= 0.3 is 6.18 Å². The van der Waals surface area contributed by atoms with Crippen molar-refractivity contribution in [1.82, 2.24) is 0 Å². The van der Waals surface area contributed by atoms with Gasteiger partial charge < -0.3 is 5.73 Å². The molecule has 1 unspecified atom stereocenters. The Bertz CT molecular complexity index is 869. The third-order valence-corrected chi connectivity index (χ3v) is 6.14. The first kappa shape index (κ1) is 22.7. The van der Waals surface area contributed by atoms with Crippen molar-refractivity contribution < 1.29 is 13.2 Å². The van der Waals surface area contributed by atoms with Gasteiger partial charge in [-0.15, -0.1) is 12.4 Å². The zero-order valence-corrected chi connectivity index (χ0v) is 17.4. The zero-order valence-electron chi connectivity index (χ0n) is 13.5. The van der Waals surface area contributed by atoms with Gasteiger partial charge in [0.1, 0.15) is 0 Å². The molecule has 0 aromatic heterocycles. The van der Waals surface area contributed by atoms with Crippen LogP contribution in [0.2, 0.25) is 15.1 Å². The highest BCUT2D eigenvalue weighted by molar-refractivity contribution is 7.99. The van der Waals surface area contributed by atoms with Crippen LogP contribution in [0.1, 0.15) is 23.1 Å². The second-order valence-corrected chi connectivity index (χ2v) is 8.14. The van der Waals surface area contributed by atoms with Gasteiger partial charge in [-0.2, -0.15) is 13.2 Å². The molecule has 0 spiro atoms. The molecule has 0 radical (unpaired) electrons. The van der Waals surface area contributed by atoms with Crippen molar-refractivity contribution >= 4 is 64.9 Å². The van der Waals surface area contributed by atoms with E-state index in [4.69, 9.17) is 40.5 Å². The summed E-state index contributed by atoms with van der Waals surface area (Å²) in [4.78, 5) is 0. The summed E-state index contributed by atoms with van der Waals surface area (Å²) in [5.41, 5.74) is 7.07. The van der Waals surface area contributed by atoms with E-state index in [0.717, 1.165) is 0 Å². The second-order valence-electron chi connectivity index (χ2n) is 5.80. The van der Waals surface area contributed by atoms with Crippen LogP contribution in [0.15, 0.2) is 40.8 Å². The summed E-state index contributed by atoms with van der Waals surface area (Å²) in [5, 5.41) is 0.675. The first-order valence-corrected chi connectivity index (χ1v) is 9.34. The van der Waals surface area contributed by atoms with Crippen LogP contribution in [0, 0.1) is 0 Å². The Hall–Kier alpha value is -0.630. The number of hydrogen-bond donors (Lipinski definition) is 1. The average molecular weight is 476 g/mol. The molecule has 3 rings (SSSR count). The minimum absolute atomic E-state index is 0. The largest absolute Gasteiger partial charge is 0.409 e. The first-order valence-electron chi connectivity index (χ1n) is 7.43. The Labute approximate surface area is 179 Å². The first-order chi connectivity index (χ1) is 12.2. The Balaban J connectivity index is 0.00000261. The monoisotopic (exact) mass is 474 g/mol. The van der Waals surface area contributed by atoms with Crippen LogP contribution in [0.25, 0.3) is 0 Å². The van der Waals surface area contributed by atoms with Gasteiger partial charge in [0.25, 0.3) is 0 Å². The molecule has 1 heterocycles. The average Bonchev–Trinajstić information content (AvgIpc) is 3.00. The second kappa shape index (κ2) is 8.39. The van der Waals surface area contributed by atoms with Crippen LogP contribution < -0.4 is 5.73 Å². The van der Waals surface area contributed by atoms with Gasteiger partial charge in [-0.05, 0) is 52.9 Å². The van der Waals surface area contributed by atoms with Crippen molar-refractivity contribution in [2.24, 2.45) is 10.1 Å². The third-order valence-electron chi connectivity index (χ3n) is 4.12. The van der Waals surface area contributed by atoms with Crippen LogP contribution in [-0.2, 0) is 11.3 Å². The third kappa shape index (κ3) is 4.36. The van der Waals surface area contributed by atoms with Crippen LogP contribution in [-0.4, -0.2) is 11.9 Å². The summed E-state index contributed by atoms with van der Waals surface area (Å²) < 4.78 is 43.9. The molecule has 2 N–H and O–H groups in total. The van der Waals surface area contributed by atoms with Gasteiger partial charge in [0.2, 0.25) is 0 Å². The molecule has 1 aliphatic heterocycles. The minimum atomic E-state index is -4.56. The summed E-state index contributed by atoms with van der Waals surface area (Å²) in [6, 6.07) is 8.89. The van der Waals surface area contributed by atoms with Crippen molar-refractivity contribution in [3.05, 3.63) is 68.2 Å². The smallest absolute Gasteiger partial charge is 0.326 e. The summed E-state index contributed by atoms with van der Waals surface area (Å²) in [6.07, 6.45) is -4.91. The van der Waals surface area contributed by atoms with Gasteiger partial charge in [0.05, 0.1) is 5.71 Å². The van der Waals surface area contributed by atoms with Crippen LogP contribution in [0.3, 0.4) is 0 Å². The highest BCUT2D eigenvalue weighted by Gasteiger charge is 2.60. The molecule has 146 valence electrons. The van der Waals surface area contributed by atoms with E-state index in [2.05, 4.69) is 4.40 Å². The molecule has 2 nitrogen and oxygen atoms in total. The van der Waals surface area contributed by atoms with E-state index in [9.17, 15) is 13.2 Å². The molecule has 1 atom stereocenters. The molecular formula is C17H13Cl4F3N2S. The van der Waals surface area contributed by atoms with Crippen molar-refractivity contribution in [3.8, 4) is 0 Å². The molecule has 0 saturated carbocycles. The van der Waals surface area contributed by atoms with E-state index in [1.165, 1.54) is 18.2 Å². The predicted molar refractivity (Wildman–Crippen MR) is 110 cm³/mol. The molecule has 2 aromatic rings. The molecule has 0 aliphatic carbocycles. The minimum Gasteiger partial charge on any atom is -0.326 e. The number of halogens is 7. The summed E-state index contributed by atoms with van der Waals surface area (Å²) >= 11 is 18.4. The van der Waals surface area contributed by atoms with Gasteiger partial charge in [-0.1, -0.05) is 46.9 Å². The predicted octanol–water partition coefficient (Wildman–Crippen LogP) is 6.83. The van der Waals surface area contributed by atoms with Gasteiger partial charge in [-0.3, -0.25) is 0 Å². The molecule has 27 heavy (non-hydrogen) atoms. The van der Waals surface area contributed by atoms with E-state index in [-0.39, 0.29) is 41.0 Å². The van der Waals surface area contributed by atoms with Gasteiger partial charge in [0.15, 0.2) is 4.75 Å². The van der Waals surface area contributed by atoms with E-state index in [0.29, 0.717) is 33.8 Å². The summed E-state index contributed by atoms with van der Waals surface area (Å²) in [6.45, 7) is 0.244. The molecule has 10 heteroatoms. The maximum atomic E-state index is 14.0. The number of benzene rings is 2. The maximum Gasteiger partial charge on any atom is 0.409 e. The van der Waals surface area contributed by atoms with Crippen LogP contribution >= 0.6 is 59.2 Å². The number of nitrogens with two attached hydrogens (primary N) is 1. The highest BCUT2D eigenvalue weighted by Crippen LogP contribution is 2.57. The van der Waals surface area contributed by atoms with E-state index in [1.54, 1.807) is 18.2 Å². The normalized spacial score (nSPS) is 19.6. The lowest BCUT2D eigenvalue weighted by Crippen LogP contribution is -2.38. The Morgan fingerprint density at radius 2 is 1.70 bits per heavy atom. The molecule has 0 fully saturated rings. The molecule has 2 aromatic carbocycles.